The van der Waals surface area contributed by atoms with Gasteiger partial charge < -0.3 is 10.2 Å². The summed E-state index contributed by atoms with van der Waals surface area (Å²) < 4.78 is 0. The summed E-state index contributed by atoms with van der Waals surface area (Å²) in [6, 6.07) is 24.6. The Bertz CT molecular complexity index is 1100. The Balaban J connectivity index is 1.85. The topological polar surface area (TPSA) is 53.4 Å². The second-order valence-electron chi connectivity index (χ2n) is 6.70. The van der Waals surface area contributed by atoms with Crippen LogP contribution < -0.4 is 0 Å². The van der Waals surface area contributed by atoms with Gasteiger partial charge in [0.1, 0.15) is 0 Å². The third-order valence-corrected chi connectivity index (χ3v) is 4.95. The van der Waals surface area contributed by atoms with Gasteiger partial charge in [0.05, 0.1) is 18.9 Å². The summed E-state index contributed by atoms with van der Waals surface area (Å²) in [6.07, 6.45) is 0. The third kappa shape index (κ3) is 3.35. The van der Waals surface area contributed by atoms with Gasteiger partial charge in [0, 0.05) is 16.6 Å². The Hall–Kier alpha value is -3.01. The predicted molar refractivity (Wildman–Crippen MR) is 109 cm³/mol. The molecule has 0 saturated heterocycles. The monoisotopic (exact) mass is 355 g/mol. The number of aliphatic hydroxyl groups excluding tert-OH is 2. The Morgan fingerprint density at radius 1 is 0.704 bits per heavy atom. The summed E-state index contributed by atoms with van der Waals surface area (Å²) in [5, 5.41) is 21.2. The molecule has 0 unspecified atom stereocenters. The van der Waals surface area contributed by atoms with Gasteiger partial charge in [-0.25, -0.2) is 0 Å². The largest absolute Gasteiger partial charge is 0.392 e. The van der Waals surface area contributed by atoms with Crippen LogP contribution in [0.2, 0.25) is 0 Å². The van der Waals surface area contributed by atoms with Crippen LogP contribution in [0.5, 0.6) is 0 Å². The first kappa shape index (κ1) is 17.4. The summed E-state index contributed by atoms with van der Waals surface area (Å²) in [5.41, 5.74) is 6.68. The van der Waals surface area contributed by atoms with Gasteiger partial charge in [0.25, 0.3) is 0 Å². The van der Waals surface area contributed by atoms with E-state index < -0.39 is 0 Å². The molecule has 27 heavy (non-hydrogen) atoms. The molecule has 0 aliphatic rings. The predicted octanol–water partition coefficient (Wildman–Crippen LogP) is 4.86. The first-order chi connectivity index (χ1) is 13.2. The minimum Gasteiger partial charge on any atom is -0.392 e. The molecular formula is C24H21NO2. The van der Waals surface area contributed by atoms with Crippen LogP contribution in [0.15, 0.2) is 72.8 Å². The van der Waals surface area contributed by atoms with Crippen LogP contribution in [0.1, 0.15) is 16.8 Å². The van der Waals surface area contributed by atoms with Crippen LogP contribution in [0.4, 0.5) is 0 Å². The van der Waals surface area contributed by atoms with Crippen molar-refractivity contribution in [2.45, 2.75) is 20.1 Å². The Morgan fingerprint density at radius 2 is 1.37 bits per heavy atom. The van der Waals surface area contributed by atoms with Crippen LogP contribution in [0.3, 0.4) is 0 Å². The van der Waals surface area contributed by atoms with Crippen molar-refractivity contribution in [3.05, 3.63) is 89.6 Å². The molecule has 0 atom stereocenters. The molecule has 0 spiro atoms. The number of rotatable bonds is 4. The van der Waals surface area contributed by atoms with Gasteiger partial charge in [0.15, 0.2) is 0 Å². The molecule has 3 nitrogen and oxygen atoms in total. The summed E-state index contributed by atoms with van der Waals surface area (Å²) in [5.74, 6) is 0. The number of aliphatic hydroxyl groups is 2. The van der Waals surface area contributed by atoms with E-state index in [1.165, 1.54) is 5.56 Å². The Kier molecular flexibility index (Phi) is 4.71. The van der Waals surface area contributed by atoms with E-state index in [-0.39, 0.29) is 13.2 Å². The second-order valence-corrected chi connectivity index (χ2v) is 6.70. The van der Waals surface area contributed by atoms with Gasteiger partial charge in [-0.2, -0.15) is 0 Å². The lowest BCUT2D eigenvalue weighted by molar-refractivity contribution is 0.260. The quantitative estimate of drug-likeness (QED) is 0.549. The van der Waals surface area contributed by atoms with E-state index in [9.17, 15) is 10.2 Å². The van der Waals surface area contributed by atoms with Crippen molar-refractivity contribution in [2.75, 3.05) is 0 Å². The lowest BCUT2D eigenvalue weighted by atomic mass is 9.97. The van der Waals surface area contributed by atoms with Crippen LogP contribution in [0.25, 0.3) is 33.2 Å². The van der Waals surface area contributed by atoms with E-state index in [0.29, 0.717) is 0 Å². The fourth-order valence-corrected chi connectivity index (χ4v) is 3.49. The first-order valence-corrected chi connectivity index (χ1v) is 9.00. The van der Waals surface area contributed by atoms with E-state index >= 15 is 0 Å². The molecule has 1 aromatic heterocycles. The SMILES string of the molecule is Cc1nc(-c2cccc(-c3ccccc3)c2)cc2cc(CO)c(CO)cc12. The van der Waals surface area contributed by atoms with Gasteiger partial charge in [0.2, 0.25) is 0 Å². The molecule has 0 saturated carbocycles. The molecule has 1 heterocycles. The second kappa shape index (κ2) is 7.31. The first-order valence-electron chi connectivity index (χ1n) is 9.00. The summed E-state index contributed by atoms with van der Waals surface area (Å²) in [7, 11) is 0. The molecule has 2 N–H and O–H groups in total. The zero-order chi connectivity index (χ0) is 18.8. The molecule has 3 heteroatoms. The average molecular weight is 355 g/mol. The van der Waals surface area contributed by atoms with Crippen molar-refractivity contribution in [2.24, 2.45) is 0 Å². The number of pyridine rings is 1. The van der Waals surface area contributed by atoms with Crippen molar-refractivity contribution in [1.82, 2.24) is 4.98 Å². The number of benzene rings is 3. The highest BCUT2D eigenvalue weighted by atomic mass is 16.3. The summed E-state index contributed by atoms with van der Waals surface area (Å²) in [6.45, 7) is 1.80. The molecule has 0 bridgehead atoms. The van der Waals surface area contributed by atoms with E-state index in [4.69, 9.17) is 4.98 Å². The van der Waals surface area contributed by atoms with Gasteiger partial charge in [-0.15, -0.1) is 0 Å². The highest BCUT2D eigenvalue weighted by molar-refractivity contribution is 5.89. The average Bonchev–Trinajstić information content (AvgIpc) is 2.73. The van der Waals surface area contributed by atoms with Crippen molar-refractivity contribution >= 4 is 10.8 Å². The zero-order valence-electron chi connectivity index (χ0n) is 15.2. The smallest absolute Gasteiger partial charge is 0.0711 e. The molecule has 0 radical (unpaired) electrons. The summed E-state index contributed by atoms with van der Waals surface area (Å²) >= 11 is 0. The normalized spacial score (nSPS) is 11.1. The molecule has 0 amide bonds. The standard InChI is InChI=1S/C24H21NO2/c1-16-23-12-22(15-27)21(14-26)11-20(23)13-24(25-16)19-9-5-8-18(10-19)17-6-3-2-4-7-17/h2-13,26-27H,14-15H2,1H3. The van der Waals surface area contributed by atoms with Crippen LogP contribution in [0, 0.1) is 6.92 Å². The lowest BCUT2D eigenvalue weighted by Crippen LogP contribution is -1.97. The minimum absolute atomic E-state index is 0.0911. The highest BCUT2D eigenvalue weighted by Gasteiger charge is 2.10. The van der Waals surface area contributed by atoms with Gasteiger partial charge in [-0.1, -0.05) is 48.5 Å². The Morgan fingerprint density at radius 3 is 2.11 bits per heavy atom. The van der Waals surface area contributed by atoms with Crippen molar-refractivity contribution in [3.63, 3.8) is 0 Å². The number of nitrogens with zero attached hydrogens (tertiary/aromatic N) is 1. The molecular weight excluding hydrogens is 334 g/mol. The molecule has 3 aromatic carbocycles. The maximum atomic E-state index is 9.60. The highest BCUT2D eigenvalue weighted by Crippen LogP contribution is 2.30. The van der Waals surface area contributed by atoms with Crippen molar-refractivity contribution < 1.29 is 10.2 Å². The number of aromatic nitrogens is 1. The Labute approximate surface area is 158 Å². The van der Waals surface area contributed by atoms with Crippen LogP contribution >= 0.6 is 0 Å². The van der Waals surface area contributed by atoms with Crippen molar-refractivity contribution in [3.8, 4) is 22.4 Å². The maximum Gasteiger partial charge on any atom is 0.0711 e. The molecule has 4 rings (SSSR count). The number of fused-ring (bicyclic) bond motifs is 1. The lowest BCUT2D eigenvalue weighted by Gasteiger charge is -2.12. The molecule has 134 valence electrons. The van der Waals surface area contributed by atoms with Crippen LogP contribution in [-0.4, -0.2) is 15.2 Å². The van der Waals surface area contributed by atoms with Gasteiger partial charge >= 0.3 is 0 Å². The fraction of sp³-hybridized carbons (Fsp3) is 0.125. The van der Waals surface area contributed by atoms with Crippen LogP contribution in [-0.2, 0) is 13.2 Å². The fourth-order valence-electron chi connectivity index (χ4n) is 3.49. The molecule has 0 aliphatic heterocycles. The molecule has 4 aromatic rings. The number of hydrogen-bond donors (Lipinski definition) is 2. The minimum atomic E-state index is -0.0912. The molecule has 0 aliphatic carbocycles. The summed E-state index contributed by atoms with van der Waals surface area (Å²) in [4.78, 5) is 4.79. The maximum absolute atomic E-state index is 9.60. The van der Waals surface area contributed by atoms with Gasteiger partial charge in [-0.05, 0) is 58.8 Å². The van der Waals surface area contributed by atoms with Gasteiger partial charge in [-0.3, -0.25) is 4.98 Å². The van der Waals surface area contributed by atoms with E-state index in [1.54, 1.807) is 0 Å². The number of hydrogen-bond acceptors (Lipinski definition) is 3. The van der Waals surface area contributed by atoms with Crippen molar-refractivity contribution in [1.29, 1.82) is 0 Å². The third-order valence-electron chi connectivity index (χ3n) is 4.95. The molecule has 0 fully saturated rings. The van der Waals surface area contributed by atoms with E-state index in [0.717, 1.165) is 44.4 Å². The van der Waals surface area contributed by atoms with E-state index in [1.807, 2.05) is 49.4 Å². The number of aryl methyl sites for hydroxylation is 1. The zero-order valence-corrected chi connectivity index (χ0v) is 15.2. The van der Waals surface area contributed by atoms with E-state index in [2.05, 4.69) is 30.3 Å².